The zero-order valence-corrected chi connectivity index (χ0v) is 8.98. The first kappa shape index (κ1) is 12.0. The average Bonchev–Trinajstić information content (AvgIpc) is 1.81. The summed E-state index contributed by atoms with van der Waals surface area (Å²) in [7, 11) is 0. The molecule has 0 aromatic carbocycles. The first-order valence-corrected chi connectivity index (χ1v) is 4.54. The summed E-state index contributed by atoms with van der Waals surface area (Å²) in [4.78, 5) is 11.3. The molecule has 0 fully saturated rings. The predicted octanol–water partition coefficient (Wildman–Crippen LogP) is 2.05. The smallest absolute Gasteiger partial charge is 0.315 e. The third-order valence-corrected chi connectivity index (χ3v) is 1.39. The largest absolute Gasteiger partial charge is 0.335 e. The lowest BCUT2D eigenvalue weighted by atomic mass is 10.1. The second-order valence-electron chi connectivity index (χ2n) is 4.27. The third kappa shape index (κ3) is 7.37. The molecule has 2 N–H and O–H groups in total. The molecule has 1 atom stereocenters. The number of amides is 2. The number of rotatable bonds is 3. The third-order valence-electron chi connectivity index (χ3n) is 1.39. The van der Waals surface area contributed by atoms with Gasteiger partial charge in [0, 0.05) is 11.6 Å². The molecule has 76 valence electrons. The quantitative estimate of drug-likeness (QED) is 0.647. The highest BCUT2D eigenvalue weighted by molar-refractivity contribution is 5.74. The van der Waals surface area contributed by atoms with Crippen molar-refractivity contribution < 1.29 is 4.79 Å². The first-order valence-electron chi connectivity index (χ1n) is 4.54. The van der Waals surface area contributed by atoms with Crippen LogP contribution in [0.3, 0.4) is 0 Å². The van der Waals surface area contributed by atoms with Gasteiger partial charge in [-0.15, -0.1) is 6.58 Å². The number of hydrogen-bond acceptors (Lipinski definition) is 1. The summed E-state index contributed by atoms with van der Waals surface area (Å²) in [6.45, 7) is 11.4. The van der Waals surface area contributed by atoms with Gasteiger partial charge in [-0.25, -0.2) is 4.79 Å². The van der Waals surface area contributed by atoms with Gasteiger partial charge in [0.2, 0.25) is 0 Å². The molecular formula is C10H20N2O. The number of hydrogen-bond donors (Lipinski definition) is 2. The Bertz CT molecular complexity index is 182. The van der Waals surface area contributed by atoms with E-state index in [1.54, 1.807) is 6.08 Å². The Morgan fingerprint density at radius 3 is 2.46 bits per heavy atom. The van der Waals surface area contributed by atoms with Crippen LogP contribution in [-0.4, -0.2) is 17.6 Å². The van der Waals surface area contributed by atoms with E-state index >= 15 is 0 Å². The van der Waals surface area contributed by atoms with Crippen molar-refractivity contribution in [2.45, 2.75) is 45.7 Å². The minimum atomic E-state index is -0.183. The van der Waals surface area contributed by atoms with Crippen molar-refractivity contribution in [3.8, 4) is 0 Å². The summed E-state index contributed by atoms with van der Waals surface area (Å²) in [6, 6.07) is 0.0155. The van der Waals surface area contributed by atoms with E-state index in [-0.39, 0.29) is 17.6 Å². The second-order valence-corrected chi connectivity index (χ2v) is 4.27. The summed E-state index contributed by atoms with van der Waals surface area (Å²) >= 11 is 0. The van der Waals surface area contributed by atoms with E-state index in [9.17, 15) is 4.79 Å². The van der Waals surface area contributed by atoms with Gasteiger partial charge >= 0.3 is 6.03 Å². The van der Waals surface area contributed by atoms with Gasteiger partial charge in [-0.05, 0) is 34.1 Å². The van der Waals surface area contributed by atoms with Crippen molar-refractivity contribution >= 4 is 6.03 Å². The van der Waals surface area contributed by atoms with Crippen molar-refractivity contribution in [1.29, 1.82) is 0 Å². The van der Waals surface area contributed by atoms with Gasteiger partial charge in [0.05, 0.1) is 0 Å². The average molecular weight is 184 g/mol. The first-order chi connectivity index (χ1) is 5.85. The van der Waals surface area contributed by atoms with Crippen LogP contribution in [0.25, 0.3) is 0 Å². The van der Waals surface area contributed by atoms with Gasteiger partial charge in [-0.1, -0.05) is 6.08 Å². The maximum absolute atomic E-state index is 11.3. The van der Waals surface area contributed by atoms with Gasteiger partial charge < -0.3 is 10.6 Å². The molecule has 3 heteroatoms. The number of urea groups is 1. The zero-order chi connectivity index (χ0) is 10.5. The molecule has 1 unspecified atom stereocenters. The van der Waals surface area contributed by atoms with E-state index < -0.39 is 0 Å². The van der Waals surface area contributed by atoms with Crippen LogP contribution in [0, 0.1) is 0 Å². The highest BCUT2D eigenvalue weighted by Crippen LogP contribution is 1.98. The Morgan fingerprint density at radius 2 is 2.08 bits per heavy atom. The van der Waals surface area contributed by atoms with Crippen LogP contribution < -0.4 is 10.6 Å². The Kier molecular flexibility index (Phi) is 4.52. The molecule has 0 spiro atoms. The molecule has 13 heavy (non-hydrogen) atoms. The van der Waals surface area contributed by atoms with E-state index in [0.717, 1.165) is 6.42 Å². The molecule has 0 bridgehead atoms. The number of nitrogens with one attached hydrogen (secondary N) is 2. The molecule has 0 aliphatic heterocycles. The van der Waals surface area contributed by atoms with Crippen LogP contribution in [0.15, 0.2) is 12.7 Å². The Labute approximate surface area is 80.6 Å². The zero-order valence-electron chi connectivity index (χ0n) is 8.98. The Balaban J connectivity index is 3.81. The summed E-state index contributed by atoms with van der Waals surface area (Å²) in [6.07, 6.45) is 2.58. The fourth-order valence-electron chi connectivity index (χ4n) is 0.909. The highest BCUT2D eigenvalue weighted by Gasteiger charge is 2.14. The molecule has 2 amide bonds. The maximum Gasteiger partial charge on any atom is 0.315 e. The molecule has 0 aromatic rings. The van der Waals surface area contributed by atoms with Gasteiger partial charge in [0.1, 0.15) is 0 Å². The normalized spacial score (nSPS) is 13.2. The predicted molar refractivity (Wildman–Crippen MR) is 55.7 cm³/mol. The molecule has 0 rings (SSSR count). The van der Waals surface area contributed by atoms with E-state index in [1.807, 2.05) is 27.7 Å². The molecule has 0 saturated carbocycles. The van der Waals surface area contributed by atoms with Crippen molar-refractivity contribution in [2.24, 2.45) is 0 Å². The van der Waals surface area contributed by atoms with Crippen LogP contribution in [0.1, 0.15) is 34.1 Å². The van der Waals surface area contributed by atoms with Gasteiger partial charge in [-0.3, -0.25) is 0 Å². The van der Waals surface area contributed by atoms with E-state index in [2.05, 4.69) is 17.2 Å². The minimum absolute atomic E-state index is 0.123. The van der Waals surface area contributed by atoms with Crippen LogP contribution in [0.2, 0.25) is 0 Å². The van der Waals surface area contributed by atoms with Gasteiger partial charge in [-0.2, -0.15) is 0 Å². The van der Waals surface area contributed by atoms with Crippen LogP contribution in [0.5, 0.6) is 0 Å². The lowest BCUT2D eigenvalue weighted by Gasteiger charge is -2.22. The summed E-state index contributed by atoms with van der Waals surface area (Å²) in [5, 5.41) is 5.64. The van der Waals surface area contributed by atoms with Crippen molar-refractivity contribution in [2.75, 3.05) is 0 Å². The van der Waals surface area contributed by atoms with E-state index in [4.69, 9.17) is 0 Å². The fourth-order valence-corrected chi connectivity index (χ4v) is 0.909. The molecule has 0 aliphatic rings. The molecule has 0 aliphatic carbocycles. The summed E-state index contributed by atoms with van der Waals surface area (Å²) < 4.78 is 0. The van der Waals surface area contributed by atoms with E-state index in [1.165, 1.54) is 0 Å². The fraction of sp³-hybridized carbons (Fsp3) is 0.700. The Hall–Kier alpha value is -0.990. The topological polar surface area (TPSA) is 41.1 Å². The molecular weight excluding hydrogens is 164 g/mol. The molecule has 0 saturated heterocycles. The van der Waals surface area contributed by atoms with Crippen LogP contribution in [0.4, 0.5) is 4.79 Å². The Morgan fingerprint density at radius 1 is 1.54 bits per heavy atom. The lowest BCUT2D eigenvalue weighted by Crippen LogP contribution is -2.48. The highest BCUT2D eigenvalue weighted by atomic mass is 16.2. The molecule has 0 aromatic heterocycles. The number of carbonyl (C=O) groups is 1. The molecule has 0 radical (unpaired) electrons. The SMILES string of the molecule is C=CCC(C)NC(=O)NC(C)(C)C. The summed E-state index contributed by atoms with van der Waals surface area (Å²) in [5.74, 6) is 0. The number of carbonyl (C=O) groups excluding carboxylic acids is 1. The maximum atomic E-state index is 11.3. The van der Waals surface area contributed by atoms with Gasteiger partial charge in [0.25, 0.3) is 0 Å². The van der Waals surface area contributed by atoms with Crippen LogP contribution in [-0.2, 0) is 0 Å². The minimum Gasteiger partial charge on any atom is -0.335 e. The van der Waals surface area contributed by atoms with Crippen molar-refractivity contribution in [1.82, 2.24) is 10.6 Å². The van der Waals surface area contributed by atoms with Crippen LogP contribution >= 0.6 is 0 Å². The van der Waals surface area contributed by atoms with Gasteiger partial charge in [0.15, 0.2) is 0 Å². The second kappa shape index (κ2) is 4.90. The lowest BCUT2D eigenvalue weighted by molar-refractivity contribution is 0.229. The standard InChI is InChI=1S/C10H20N2O/c1-6-7-8(2)11-9(13)12-10(3,4)5/h6,8H,1,7H2,2-5H3,(H2,11,12,13). The monoisotopic (exact) mass is 184 g/mol. The molecule has 0 heterocycles. The summed E-state index contributed by atoms with van der Waals surface area (Å²) in [5.41, 5.74) is -0.183. The molecule has 3 nitrogen and oxygen atoms in total. The van der Waals surface area contributed by atoms with E-state index in [0.29, 0.717) is 0 Å². The van der Waals surface area contributed by atoms with Crippen molar-refractivity contribution in [3.05, 3.63) is 12.7 Å². The van der Waals surface area contributed by atoms with Crippen molar-refractivity contribution in [3.63, 3.8) is 0 Å².